The highest BCUT2D eigenvalue weighted by atomic mass is 32.1. The first kappa shape index (κ1) is 25.5. The lowest BCUT2D eigenvalue weighted by atomic mass is 10.1. The summed E-state index contributed by atoms with van der Waals surface area (Å²) in [5.41, 5.74) is 2.65. The van der Waals surface area contributed by atoms with E-state index in [9.17, 15) is 14.0 Å². The molecule has 0 aliphatic carbocycles. The van der Waals surface area contributed by atoms with Crippen molar-refractivity contribution in [2.45, 2.75) is 45.7 Å². The largest absolute Gasteiger partial charge is 0.352 e. The van der Waals surface area contributed by atoms with Gasteiger partial charge in [-0.3, -0.25) is 9.59 Å². The first-order valence-corrected chi connectivity index (χ1v) is 14.3. The summed E-state index contributed by atoms with van der Waals surface area (Å²) >= 11 is 3.11. The van der Waals surface area contributed by atoms with Gasteiger partial charge in [0.25, 0.3) is 5.91 Å². The first-order valence-electron chi connectivity index (χ1n) is 12.6. The Balaban J connectivity index is 1.14. The Morgan fingerprint density at radius 1 is 1.08 bits per heavy atom. The van der Waals surface area contributed by atoms with Gasteiger partial charge in [0.1, 0.15) is 17.5 Å². The van der Waals surface area contributed by atoms with Crippen LogP contribution in [0.1, 0.15) is 51.2 Å². The van der Waals surface area contributed by atoms with E-state index in [0.717, 1.165) is 45.4 Å². The van der Waals surface area contributed by atoms with Gasteiger partial charge in [-0.15, -0.1) is 22.7 Å². The van der Waals surface area contributed by atoms with Crippen LogP contribution in [0.4, 0.5) is 21.2 Å². The number of fused-ring (bicyclic) bond motifs is 2. The van der Waals surface area contributed by atoms with Crippen molar-refractivity contribution in [3.8, 4) is 10.6 Å². The highest BCUT2D eigenvalue weighted by Crippen LogP contribution is 2.35. The zero-order valence-electron chi connectivity index (χ0n) is 21.6. The number of carbonyl (C=O) groups is 2. The van der Waals surface area contributed by atoms with Crippen LogP contribution in [0.15, 0.2) is 36.0 Å². The van der Waals surface area contributed by atoms with Crippen molar-refractivity contribution in [2.75, 3.05) is 23.3 Å². The van der Waals surface area contributed by atoms with E-state index in [-0.39, 0.29) is 29.3 Å². The van der Waals surface area contributed by atoms with Gasteiger partial charge in [0.2, 0.25) is 0 Å². The third-order valence-corrected chi connectivity index (χ3v) is 8.97. The smallest absolute Gasteiger partial charge is 0.256 e. The molecule has 2 aliphatic rings. The van der Waals surface area contributed by atoms with Crippen LogP contribution in [0.2, 0.25) is 0 Å². The van der Waals surface area contributed by atoms with Crippen molar-refractivity contribution in [1.82, 2.24) is 24.8 Å². The van der Waals surface area contributed by atoms with Crippen LogP contribution in [-0.2, 0) is 0 Å². The molecule has 2 saturated heterocycles. The molecule has 0 saturated carbocycles. The van der Waals surface area contributed by atoms with Crippen molar-refractivity contribution in [3.63, 3.8) is 0 Å². The van der Waals surface area contributed by atoms with Gasteiger partial charge in [0.15, 0.2) is 10.9 Å². The number of halogens is 1. The lowest BCUT2D eigenvalue weighted by Crippen LogP contribution is -2.56. The molecule has 39 heavy (non-hydrogen) atoms. The molecule has 2 aliphatic heterocycles. The molecule has 0 radical (unpaired) electrons. The average molecular weight is 564 g/mol. The summed E-state index contributed by atoms with van der Waals surface area (Å²) < 4.78 is 13.7. The van der Waals surface area contributed by atoms with Gasteiger partial charge in [-0.2, -0.15) is 0 Å². The van der Waals surface area contributed by atoms with Gasteiger partial charge in [-0.05, 0) is 51.8 Å². The Morgan fingerprint density at radius 3 is 2.49 bits per heavy atom. The molecule has 2 bridgehead atoms. The maximum absolute atomic E-state index is 13.7. The molecule has 1 amide bonds. The van der Waals surface area contributed by atoms with E-state index in [1.807, 2.05) is 29.0 Å². The molecule has 4 aromatic rings. The van der Waals surface area contributed by atoms with Crippen molar-refractivity contribution >= 4 is 51.1 Å². The number of pyridine rings is 2. The number of Topliss-reactive ketones (excluding diaryl/α,β-unsaturated/α-hetero) is 1. The van der Waals surface area contributed by atoms with E-state index in [4.69, 9.17) is 0 Å². The summed E-state index contributed by atoms with van der Waals surface area (Å²) in [7, 11) is 0. The van der Waals surface area contributed by atoms with Crippen LogP contribution >= 0.6 is 22.7 Å². The minimum absolute atomic E-state index is 0.0201. The minimum Gasteiger partial charge on any atom is -0.352 e. The molecule has 1 N–H and O–H groups in total. The molecule has 0 aromatic carbocycles. The zero-order valence-corrected chi connectivity index (χ0v) is 23.3. The van der Waals surface area contributed by atoms with E-state index in [2.05, 4.69) is 25.3 Å². The molecule has 4 aromatic heterocycles. The molecule has 12 heteroatoms. The van der Waals surface area contributed by atoms with E-state index < -0.39 is 5.82 Å². The van der Waals surface area contributed by atoms with Gasteiger partial charge < -0.3 is 15.1 Å². The molecule has 2 fully saturated rings. The summed E-state index contributed by atoms with van der Waals surface area (Å²) in [6.07, 6.45) is 4.46. The van der Waals surface area contributed by atoms with Crippen LogP contribution in [0.25, 0.3) is 10.6 Å². The maximum Gasteiger partial charge on any atom is 0.256 e. The van der Waals surface area contributed by atoms with Gasteiger partial charge in [-0.1, -0.05) is 0 Å². The summed E-state index contributed by atoms with van der Waals surface area (Å²) in [5, 5.41) is 6.95. The summed E-state index contributed by atoms with van der Waals surface area (Å²) in [6.45, 7) is 6.46. The van der Waals surface area contributed by atoms with Crippen molar-refractivity contribution in [2.24, 2.45) is 0 Å². The van der Waals surface area contributed by atoms with Crippen LogP contribution in [0, 0.1) is 19.7 Å². The van der Waals surface area contributed by atoms with Gasteiger partial charge >= 0.3 is 0 Å². The maximum atomic E-state index is 13.7. The summed E-state index contributed by atoms with van der Waals surface area (Å²) in [6, 6.07) is 4.76. The van der Waals surface area contributed by atoms with Crippen LogP contribution in [0.3, 0.4) is 0 Å². The molecule has 9 nitrogen and oxygen atoms in total. The van der Waals surface area contributed by atoms with Gasteiger partial charge in [0, 0.05) is 24.7 Å². The number of rotatable bonds is 6. The summed E-state index contributed by atoms with van der Waals surface area (Å²) in [5.74, 6) is 0.261. The van der Waals surface area contributed by atoms with E-state index in [1.165, 1.54) is 24.3 Å². The monoisotopic (exact) mass is 563 g/mol. The van der Waals surface area contributed by atoms with E-state index in [0.29, 0.717) is 30.3 Å². The third-order valence-electron chi connectivity index (χ3n) is 7.11. The number of piperazine rings is 1. The normalized spacial score (nSPS) is 18.5. The topological polar surface area (TPSA) is 104 Å². The highest BCUT2D eigenvalue weighted by Gasteiger charge is 2.43. The van der Waals surface area contributed by atoms with Gasteiger partial charge in [0.05, 0.1) is 50.7 Å². The lowest BCUT2D eigenvalue weighted by Gasteiger charge is -2.42. The number of aryl methyl sites for hydroxylation is 2. The lowest BCUT2D eigenvalue weighted by molar-refractivity contribution is 0.0640. The standard InChI is InChI=1S/C27H26FN7O2S2/c1-14-24(39-16(3)31-14)22-13-38-27(32-22)33-23-7-4-17(9-29-23)26(37)35-19-5-6-20(35)12-34(11-19)25-21(15(2)36)8-18(28)10-30-25/h4,7-10,13,19-20H,5-6,11-12H2,1-3H3,(H,29,32,33)/t19-,20?/m1/s1. The zero-order chi connectivity index (χ0) is 27.3. The number of nitrogens with one attached hydrogen (secondary N) is 1. The molecule has 6 rings (SSSR count). The Hall–Kier alpha value is -3.77. The van der Waals surface area contributed by atoms with E-state index in [1.54, 1.807) is 29.7 Å². The molecule has 0 spiro atoms. The fraction of sp³-hybridized carbons (Fsp3) is 0.333. The third kappa shape index (κ3) is 4.89. The van der Waals surface area contributed by atoms with E-state index >= 15 is 0 Å². The Kier molecular flexibility index (Phi) is 6.59. The Morgan fingerprint density at radius 2 is 1.85 bits per heavy atom. The second kappa shape index (κ2) is 10.1. The number of thiazole rings is 2. The molecule has 2 atom stereocenters. The minimum atomic E-state index is -0.536. The molecular formula is C27H26FN7O2S2. The van der Waals surface area contributed by atoms with Gasteiger partial charge in [-0.25, -0.2) is 24.3 Å². The Bertz CT molecular complexity index is 1550. The second-order valence-corrected chi connectivity index (χ2v) is 11.9. The van der Waals surface area contributed by atoms with Crippen molar-refractivity contribution < 1.29 is 14.0 Å². The quantitative estimate of drug-likeness (QED) is 0.317. The molecular weight excluding hydrogens is 537 g/mol. The predicted octanol–water partition coefficient (Wildman–Crippen LogP) is 5.25. The second-order valence-electron chi connectivity index (χ2n) is 9.83. The van der Waals surface area contributed by atoms with Crippen LogP contribution in [-0.4, -0.2) is 61.7 Å². The number of hydrogen-bond donors (Lipinski definition) is 1. The number of anilines is 3. The number of hydrogen-bond acceptors (Lipinski definition) is 10. The van der Waals surface area contributed by atoms with Crippen LogP contribution < -0.4 is 10.2 Å². The fourth-order valence-electron chi connectivity index (χ4n) is 5.41. The first-order chi connectivity index (χ1) is 18.8. The highest BCUT2D eigenvalue weighted by molar-refractivity contribution is 7.16. The Labute approximate surface area is 232 Å². The molecule has 200 valence electrons. The van der Waals surface area contributed by atoms with Crippen LogP contribution in [0.5, 0.6) is 0 Å². The number of nitrogens with zero attached hydrogens (tertiary/aromatic N) is 6. The number of aromatic nitrogens is 4. The SMILES string of the molecule is CC(=O)c1cc(F)cnc1N1CC2CC[C@H](C1)N2C(=O)c1ccc(Nc2nc(-c3sc(C)nc3C)cs2)nc1. The van der Waals surface area contributed by atoms with Crippen molar-refractivity contribution in [1.29, 1.82) is 0 Å². The number of amides is 1. The summed E-state index contributed by atoms with van der Waals surface area (Å²) in [4.78, 5) is 48.4. The fourth-order valence-corrected chi connectivity index (χ4v) is 7.07. The predicted molar refractivity (Wildman–Crippen MR) is 150 cm³/mol. The average Bonchev–Trinajstić information content (AvgIpc) is 3.58. The molecule has 6 heterocycles. The number of ketones is 1. The van der Waals surface area contributed by atoms with Crippen molar-refractivity contribution in [3.05, 3.63) is 63.6 Å². The number of carbonyl (C=O) groups excluding carboxylic acids is 2. The molecule has 1 unspecified atom stereocenters.